The van der Waals surface area contributed by atoms with Gasteiger partial charge in [-0.25, -0.2) is 4.39 Å². The van der Waals surface area contributed by atoms with E-state index in [-0.39, 0.29) is 5.82 Å². The van der Waals surface area contributed by atoms with Gasteiger partial charge in [0.15, 0.2) is 0 Å². The maximum atomic E-state index is 13.2. The molecule has 4 heteroatoms. The van der Waals surface area contributed by atoms with Crippen molar-refractivity contribution in [2.75, 3.05) is 11.9 Å². The number of halogens is 2. The fourth-order valence-electron chi connectivity index (χ4n) is 2.41. The van der Waals surface area contributed by atoms with E-state index in [1.165, 1.54) is 12.1 Å². The van der Waals surface area contributed by atoms with Crippen molar-refractivity contribution in [2.45, 2.75) is 44.8 Å². The van der Waals surface area contributed by atoms with Gasteiger partial charge in [0.1, 0.15) is 5.82 Å². The highest BCUT2D eigenvalue weighted by atomic mass is 35.5. The van der Waals surface area contributed by atoms with Crippen molar-refractivity contribution in [1.29, 1.82) is 0 Å². The zero-order valence-electron chi connectivity index (χ0n) is 10.6. The number of hydrogen-bond acceptors (Lipinski definition) is 2. The van der Waals surface area contributed by atoms with Crippen LogP contribution in [0.15, 0.2) is 18.2 Å². The predicted molar refractivity (Wildman–Crippen MR) is 72.7 cm³/mol. The zero-order chi connectivity index (χ0) is 13.0. The van der Waals surface area contributed by atoms with Gasteiger partial charge >= 0.3 is 0 Å². The molecule has 1 aromatic carbocycles. The van der Waals surface area contributed by atoms with Gasteiger partial charge in [0.25, 0.3) is 0 Å². The number of nitrogens with one attached hydrogen (secondary N) is 1. The topological polar surface area (TPSA) is 21.3 Å². The Kier molecular flexibility index (Phi) is 4.84. The lowest BCUT2D eigenvalue weighted by atomic mass is 10.00. The summed E-state index contributed by atoms with van der Waals surface area (Å²) < 4.78 is 18.9. The highest BCUT2D eigenvalue weighted by Gasteiger charge is 2.21. The van der Waals surface area contributed by atoms with Gasteiger partial charge in [-0.2, -0.15) is 0 Å². The molecule has 2 nitrogen and oxygen atoms in total. The van der Waals surface area contributed by atoms with Crippen molar-refractivity contribution in [3.05, 3.63) is 29.0 Å². The van der Waals surface area contributed by atoms with E-state index in [4.69, 9.17) is 16.3 Å². The summed E-state index contributed by atoms with van der Waals surface area (Å²) in [5.41, 5.74) is 0.752. The first-order valence-corrected chi connectivity index (χ1v) is 6.89. The molecule has 100 valence electrons. The van der Waals surface area contributed by atoms with E-state index in [9.17, 15) is 4.39 Å². The average Bonchev–Trinajstić information content (AvgIpc) is 2.28. The highest BCUT2D eigenvalue weighted by Crippen LogP contribution is 2.24. The Balaban J connectivity index is 1.95. The van der Waals surface area contributed by atoms with Crippen LogP contribution in [0.25, 0.3) is 0 Å². The number of hydrogen-bond donors (Lipinski definition) is 1. The van der Waals surface area contributed by atoms with Crippen LogP contribution in [0.1, 0.15) is 32.6 Å². The summed E-state index contributed by atoms with van der Waals surface area (Å²) in [4.78, 5) is 0. The Bertz CT molecular complexity index is 377. The van der Waals surface area contributed by atoms with Crippen molar-refractivity contribution in [3.8, 4) is 0 Å². The molecule has 1 heterocycles. The molecule has 2 unspecified atom stereocenters. The molecule has 0 saturated carbocycles. The molecule has 0 spiro atoms. The second kappa shape index (κ2) is 6.39. The minimum absolute atomic E-state index is 0.304. The van der Waals surface area contributed by atoms with Gasteiger partial charge in [0.05, 0.1) is 6.10 Å². The molecule has 0 bridgehead atoms. The maximum absolute atomic E-state index is 13.2. The quantitative estimate of drug-likeness (QED) is 0.884. The van der Waals surface area contributed by atoms with Crippen molar-refractivity contribution >= 4 is 17.3 Å². The van der Waals surface area contributed by atoms with E-state index in [0.717, 1.165) is 38.0 Å². The summed E-state index contributed by atoms with van der Waals surface area (Å²) in [6, 6.07) is 4.90. The van der Waals surface area contributed by atoms with Gasteiger partial charge in [-0.3, -0.25) is 0 Å². The summed E-state index contributed by atoms with van der Waals surface area (Å²) >= 11 is 5.84. The monoisotopic (exact) mass is 271 g/mol. The summed E-state index contributed by atoms with van der Waals surface area (Å²) in [5, 5.41) is 3.77. The van der Waals surface area contributed by atoms with E-state index < -0.39 is 0 Å². The minimum Gasteiger partial charge on any atom is -0.382 e. The van der Waals surface area contributed by atoms with Crippen LogP contribution in [0.2, 0.25) is 5.02 Å². The van der Waals surface area contributed by atoms with Crippen molar-refractivity contribution in [2.24, 2.45) is 0 Å². The number of ether oxygens (including phenoxy) is 1. The number of rotatable bonds is 4. The molecule has 1 aliphatic heterocycles. The van der Waals surface area contributed by atoms with Gasteiger partial charge in [0.2, 0.25) is 0 Å². The molecule has 2 atom stereocenters. The summed E-state index contributed by atoms with van der Waals surface area (Å²) in [6.07, 6.45) is 4.46. The molecule has 1 fully saturated rings. The third kappa shape index (κ3) is 3.85. The molecule has 1 aliphatic rings. The van der Waals surface area contributed by atoms with Crippen LogP contribution in [-0.2, 0) is 4.74 Å². The lowest BCUT2D eigenvalue weighted by Gasteiger charge is -2.30. The van der Waals surface area contributed by atoms with Gasteiger partial charge in [-0.15, -0.1) is 0 Å². The molecular formula is C14H19ClFNO. The molecule has 0 aromatic heterocycles. The van der Waals surface area contributed by atoms with Gasteiger partial charge in [0, 0.05) is 23.4 Å². The van der Waals surface area contributed by atoms with Crippen LogP contribution in [0.3, 0.4) is 0 Å². The fourth-order valence-corrected chi connectivity index (χ4v) is 2.63. The van der Waals surface area contributed by atoms with E-state index >= 15 is 0 Å². The fraction of sp³-hybridized carbons (Fsp3) is 0.571. The third-order valence-electron chi connectivity index (χ3n) is 3.21. The van der Waals surface area contributed by atoms with Crippen LogP contribution in [0.4, 0.5) is 10.1 Å². The van der Waals surface area contributed by atoms with E-state index in [2.05, 4.69) is 12.2 Å². The lowest BCUT2D eigenvalue weighted by Crippen LogP contribution is -2.34. The smallest absolute Gasteiger partial charge is 0.126 e. The van der Waals surface area contributed by atoms with E-state index in [0.29, 0.717) is 17.2 Å². The Morgan fingerprint density at radius 2 is 2.28 bits per heavy atom. The van der Waals surface area contributed by atoms with Gasteiger partial charge in [-0.1, -0.05) is 24.9 Å². The Morgan fingerprint density at radius 3 is 3.00 bits per heavy atom. The molecule has 2 rings (SSSR count). The largest absolute Gasteiger partial charge is 0.382 e. The Labute approximate surface area is 112 Å². The van der Waals surface area contributed by atoms with Crippen molar-refractivity contribution in [1.82, 2.24) is 0 Å². The molecular weight excluding hydrogens is 253 g/mol. The lowest BCUT2D eigenvalue weighted by molar-refractivity contribution is 0.00598. The first-order chi connectivity index (χ1) is 8.67. The predicted octanol–water partition coefficient (Wildman–Crippen LogP) is 4.24. The number of anilines is 1. The van der Waals surface area contributed by atoms with Crippen LogP contribution < -0.4 is 5.32 Å². The van der Waals surface area contributed by atoms with Crippen LogP contribution in [0.5, 0.6) is 0 Å². The molecule has 18 heavy (non-hydrogen) atoms. The first kappa shape index (κ1) is 13.6. The molecule has 1 aromatic rings. The SMILES string of the molecule is CCCC1CC(Nc2cc(F)cc(Cl)c2)CCO1. The number of benzene rings is 1. The Morgan fingerprint density at radius 1 is 1.44 bits per heavy atom. The minimum atomic E-state index is -0.304. The first-order valence-electron chi connectivity index (χ1n) is 6.51. The van der Waals surface area contributed by atoms with Gasteiger partial charge in [-0.05, 0) is 37.5 Å². The molecule has 1 N–H and O–H groups in total. The zero-order valence-corrected chi connectivity index (χ0v) is 11.3. The third-order valence-corrected chi connectivity index (χ3v) is 3.43. The molecule has 1 saturated heterocycles. The Hall–Kier alpha value is -0.800. The second-order valence-corrected chi connectivity index (χ2v) is 5.24. The van der Waals surface area contributed by atoms with Crippen LogP contribution in [-0.4, -0.2) is 18.8 Å². The molecule has 0 radical (unpaired) electrons. The van der Waals surface area contributed by atoms with Gasteiger partial charge < -0.3 is 10.1 Å². The van der Waals surface area contributed by atoms with Crippen LogP contribution >= 0.6 is 11.6 Å². The average molecular weight is 272 g/mol. The molecule has 0 aliphatic carbocycles. The summed E-state index contributed by atoms with van der Waals surface area (Å²) in [6.45, 7) is 2.93. The van der Waals surface area contributed by atoms with Crippen LogP contribution in [0, 0.1) is 5.82 Å². The highest BCUT2D eigenvalue weighted by molar-refractivity contribution is 6.30. The normalized spacial score (nSPS) is 23.9. The summed E-state index contributed by atoms with van der Waals surface area (Å²) in [7, 11) is 0. The maximum Gasteiger partial charge on any atom is 0.126 e. The van der Waals surface area contributed by atoms with Crippen molar-refractivity contribution < 1.29 is 9.13 Å². The van der Waals surface area contributed by atoms with E-state index in [1.54, 1.807) is 6.07 Å². The van der Waals surface area contributed by atoms with E-state index in [1.807, 2.05) is 0 Å². The molecule has 0 amide bonds. The summed E-state index contributed by atoms with van der Waals surface area (Å²) in [5.74, 6) is -0.304. The standard InChI is InChI=1S/C14H19ClFNO/c1-2-3-14-9-12(4-5-18-14)17-13-7-10(15)6-11(16)8-13/h6-8,12,14,17H,2-5,9H2,1H3. The second-order valence-electron chi connectivity index (χ2n) is 4.81. The van der Waals surface area contributed by atoms with Crippen molar-refractivity contribution in [3.63, 3.8) is 0 Å².